The van der Waals surface area contributed by atoms with Gasteiger partial charge in [-0.15, -0.1) is 0 Å². The van der Waals surface area contributed by atoms with Gasteiger partial charge in [-0.05, 0) is 13.8 Å². The molecule has 1 aliphatic rings. The number of rotatable bonds is 4. The van der Waals surface area contributed by atoms with E-state index in [1.165, 1.54) is 6.92 Å². The third-order valence-corrected chi connectivity index (χ3v) is 2.41. The van der Waals surface area contributed by atoms with Gasteiger partial charge in [0.25, 0.3) is 0 Å². The molecule has 0 aromatic carbocycles. The molecule has 1 heterocycles. The summed E-state index contributed by atoms with van der Waals surface area (Å²) in [5.41, 5.74) is 0. The quantitative estimate of drug-likeness (QED) is 0.501. The van der Waals surface area contributed by atoms with Crippen LogP contribution in [0.4, 0.5) is 0 Å². The van der Waals surface area contributed by atoms with E-state index in [0.29, 0.717) is 19.7 Å². The van der Waals surface area contributed by atoms with Crippen LogP contribution < -0.4 is 5.32 Å². The van der Waals surface area contributed by atoms with Gasteiger partial charge in [0.1, 0.15) is 0 Å². The van der Waals surface area contributed by atoms with E-state index in [2.05, 4.69) is 5.32 Å². The highest BCUT2D eigenvalue weighted by Crippen LogP contribution is 2.05. The highest BCUT2D eigenvalue weighted by atomic mass is 16.5. The standard InChI is InChI=1S/C10H18N2O3/c1-3-15-10(14)9(8(2)13)12-6-4-11-5-7-12/h9,11H,3-7H2,1-2H3. The summed E-state index contributed by atoms with van der Waals surface area (Å²) in [5, 5.41) is 3.17. The van der Waals surface area contributed by atoms with Crippen molar-refractivity contribution in [3.05, 3.63) is 0 Å². The number of carbonyl (C=O) groups is 2. The second-order valence-electron chi connectivity index (χ2n) is 3.55. The Hall–Kier alpha value is -0.940. The third kappa shape index (κ3) is 3.28. The van der Waals surface area contributed by atoms with E-state index >= 15 is 0 Å². The first-order chi connectivity index (χ1) is 7.16. The highest BCUT2D eigenvalue weighted by Gasteiger charge is 2.31. The molecule has 5 nitrogen and oxygen atoms in total. The Kier molecular flexibility index (Phi) is 4.71. The van der Waals surface area contributed by atoms with Gasteiger partial charge >= 0.3 is 5.97 Å². The number of nitrogens with zero attached hydrogens (tertiary/aromatic N) is 1. The van der Waals surface area contributed by atoms with Crippen molar-refractivity contribution in [2.75, 3.05) is 32.8 Å². The van der Waals surface area contributed by atoms with Gasteiger partial charge in [0, 0.05) is 26.2 Å². The molecule has 0 spiro atoms. The molecule has 15 heavy (non-hydrogen) atoms. The number of hydrogen-bond acceptors (Lipinski definition) is 5. The summed E-state index contributed by atoms with van der Waals surface area (Å²) in [6, 6.07) is -0.716. The lowest BCUT2D eigenvalue weighted by molar-refractivity contribution is -0.153. The summed E-state index contributed by atoms with van der Waals surface area (Å²) >= 11 is 0. The normalized spacial score (nSPS) is 19.6. The van der Waals surface area contributed by atoms with E-state index in [9.17, 15) is 9.59 Å². The molecule has 0 bridgehead atoms. The molecule has 0 aromatic heterocycles. The molecule has 1 unspecified atom stereocenters. The monoisotopic (exact) mass is 214 g/mol. The number of carbonyl (C=O) groups excluding carboxylic acids is 2. The molecular weight excluding hydrogens is 196 g/mol. The molecule has 1 saturated heterocycles. The smallest absolute Gasteiger partial charge is 0.331 e. The molecule has 0 amide bonds. The van der Waals surface area contributed by atoms with Crippen LogP contribution in [0.25, 0.3) is 0 Å². The van der Waals surface area contributed by atoms with E-state index in [4.69, 9.17) is 4.74 Å². The number of Topliss-reactive ketones (excluding diaryl/α,β-unsaturated/α-hetero) is 1. The molecular formula is C10H18N2O3. The zero-order valence-corrected chi connectivity index (χ0v) is 9.28. The molecule has 1 aliphatic heterocycles. The van der Waals surface area contributed by atoms with Gasteiger partial charge < -0.3 is 10.1 Å². The van der Waals surface area contributed by atoms with E-state index < -0.39 is 12.0 Å². The molecule has 5 heteroatoms. The van der Waals surface area contributed by atoms with E-state index in [-0.39, 0.29) is 5.78 Å². The van der Waals surface area contributed by atoms with Crippen molar-refractivity contribution in [2.24, 2.45) is 0 Å². The lowest BCUT2D eigenvalue weighted by atomic mass is 10.1. The third-order valence-electron chi connectivity index (χ3n) is 2.41. The second-order valence-corrected chi connectivity index (χ2v) is 3.55. The number of nitrogens with one attached hydrogen (secondary N) is 1. The van der Waals surface area contributed by atoms with Gasteiger partial charge in [-0.25, -0.2) is 4.79 Å². The fourth-order valence-corrected chi connectivity index (χ4v) is 1.73. The lowest BCUT2D eigenvalue weighted by Crippen LogP contribution is -2.54. The number of esters is 1. The molecule has 1 N–H and O–H groups in total. The first kappa shape index (κ1) is 12.1. The number of ketones is 1. The van der Waals surface area contributed by atoms with E-state index in [0.717, 1.165) is 13.1 Å². The Morgan fingerprint density at radius 3 is 2.47 bits per heavy atom. The van der Waals surface area contributed by atoms with Crippen LogP contribution in [0.3, 0.4) is 0 Å². The number of hydrogen-bond donors (Lipinski definition) is 1. The van der Waals surface area contributed by atoms with Crippen molar-refractivity contribution < 1.29 is 14.3 Å². The first-order valence-electron chi connectivity index (χ1n) is 5.28. The molecule has 0 aliphatic carbocycles. The molecule has 0 aromatic rings. The zero-order chi connectivity index (χ0) is 11.3. The van der Waals surface area contributed by atoms with Crippen LogP contribution in [0.5, 0.6) is 0 Å². The average molecular weight is 214 g/mol. The number of ether oxygens (including phenoxy) is 1. The maximum Gasteiger partial charge on any atom is 0.331 e. The van der Waals surface area contributed by atoms with Crippen molar-refractivity contribution in [3.63, 3.8) is 0 Å². The van der Waals surface area contributed by atoms with Crippen molar-refractivity contribution in [2.45, 2.75) is 19.9 Å². The molecule has 1 atom stereocenters. The zero-order valence-electron chi connectivity index (χ0n) is 9.28. The highest BCUT2D eigenvalue weighted by molar-refractivity contribution is 6.01. The van der Waals surface area contributed by atoms with Crippen LogP contribution >= 0.6 is 0 Å². The van der Waals surface area contributed by atoms with Crippen LogP contribution in [0.15, 0.2) is 0 Å². The summed E-state index contributed by atoms with van der Waals surface area (Å²) in [6.45, 7) is 6.53. The SMILES string of the molecule is CCOC(=O)C(C(C)=O)N1CCNCC1. The minimum Gasteiger partial charge on any atom is -0.464 e. The van der Waals surface area contributed by atoms with Crippen LogP contribution in [-0.2, 0) is 14.3 Å². The average Bonchev–Trinajstić information content (AvgIpc) is 2.19. The van der Waals surface area contributed by atoms with E-state index in [1.54, 1.807) is 6.92 Å². The largest absolute Gasteiger partial charge is 0.464 e. The van der Waals surface area contributed by atoms with Crippen molar-refractivity contribution in [1.29, 1.82) is 0 Å². The Labute approximate surface area is 89.8 Å². The van der Waals surface area contributed by atoms with E-state index in [1.807, 2.05) is 4.90 Å². The van der Waals surface area contributed by atoms with Crippen LogP contribution in [0, 0.1) is 0 Å². The molecule has 86 valence electrons. The molecule has 1 rings (SSSR count). The summed E-state index contributed by atoms with van der Waals surface area (Å²) in [5.74, 6) is -0.567. The first-order valence-corrected chi connectivity index (χ1v) is 5.28. The van der Waals surface area contributed by atoms with Gasteiger partial charge in [-0.1, -0.05) is 0 Å². The lowest BCUT2D eigenvalue weighted by Gasteiger charge is -2.31. The minimum absolute atomic E-state index is 0.143. The Balaban J connectivity index is 2.63. The Bertz CT molecular complexity index is 237. The summed E-state index contributed by atoms with van der Waals surface area (Å²) in [4.78, 5) is 24.8. The Morgan fingerprint density at radius 1 is 1.40 bits per heavy atom. The van der Waals surface area contributed by atoms with Gasteiger partial charge in [-0.3, -0.25) is 9.69 Å². The van der Waals surface area contributed by atoms with Gasteiger partial charge in [0.05, 0.1) is 6.61 Å². The van der Waals surface area contributed by atoms with Crippen molar-refractivity contribution in [1.82, 2.24) is 10.2 Å². The molecule has 0 saturated carbocycles. The minimum atomic E-state index is -0.716. The maximum absolute atomic E-state index is 11.6. The van der Waals surface area contributed by atoms with Gasteiger partial charge in [0.15, 0.2) is 11.8 Å². The van der Waals surface area contributed by atoms with Gasteiger partial charge in [-0.2, -0.15) is 0 Å². The van der Waals surface area contributed by atoms with Crippen LogP contribution in [0.1, 0.15) is 13.8 Å². The van der Waals surface area contributed by atoms with Crippen LogP contribution in [0.2, 0.25) is 0 Å². The topological polar surface area (TPSA) is 58.6 Å². The predicted octanol–water partition coefficient (Wildman–Crippen LogP) is -0.588. The van der Waals surface area contributed by atoms with Crippen molar-refractivity contribution >= 4 is 11.8 Å². The maximum atomic E-state index is 11.6. The van der Waals surface area contributed by atoms with Crippen LogP contribution in [-0.4, -0.2) is 55.5 Å². The number of piperazine rings is 1. The fourth-order valence-electron chi connectivity index (χ4n) is 1.73. The summed E-state index contributed by atoms with van der Waals surface area (Å²) in [6.07, 6.45) is 0. The predicted molar refractivity (Wildman–Crippen MR) is 55.5 cm³/mol. The van der Waals surface area contributed by atoms with Gasteiger partial charge in [0.2, 0.25) is 0 Å². The Morgan fingerprint density at radius 2 is 2.00 bits per heavy atom. The van der Waals surface area contributed by atoms with Crippen molar-refractivity contribution in [3.8, 4) is 0 Å². The molecule has 0 radical (unpaired) electrons. The summed E-state index contributed by atoms with van der Waals surface area (Å²) < 4.78 is 4.90. The fraction of sp³-hybridized carbons (Fsp3) is 0.800. The summed E-state index contributed by atoms with van der Waals surface area (Å²) in [7, 11) is 0. The molecule has 1 fully saturated rings. The second kappa shape index (κ2) is 5.82.